The van der Waals surface area contributed by atoms with Crippen molar-refractivity contribution in [2.75, 3.05) is 7.05 Å². The van der Waals surface area contributed by atoms with E-state index in [4.69, 9.17) is 8.83 Å². The average Bonchev–Trinajstić information content (AvgIpc) is 2.93. The lowest BCUT2D eigenvalue weighted by molar-refractivity contribution is 0.457. The number of aromatic nitrogens is 2. The molecule has 2 N–H and O–H groups in total. The summed E-state index contributed by atoms with van der Waals surface area (Å²) in [6.45, 7) is 8.57. The van der Waals surface area contributed by atoms with Gasteiger partial charge in [-0.05, 0) is 27.7 Å². The molecule has 0 spiro atoms. The van der Waals surface area contributed by atoms with Gasteiger partial charge in [-0.1, -0.05) is 0 Å². The Morgan fingerprint density at radius 1 is 0.909 bits per heavy atom. The van der Waals surface area contributed by atoms with E-state index in [1.54, 1.807) is 7.05 Å². The lowest BCUT2D eigenvalue weighted by Gasteiger charge is -2.08. The summed E-state index contributed by atoms with van der Waals surface area (Å²) < 4.78 is 11.0. The topological polar surface area (TPSA) is 88.5 Å². The molecule has 0 amide bonds. The first-order valence-electron chi connectivity index (χ1n) is 6.80. The lowest BCUT2D eigenvalue weighted by atomic mass is 10.4. The molecular weight excluding hydrogens is 397 g/mol. The molecule has 0 bridgehead atoms. The SMILES string of the molecule is CN=C(NCc1nc(C)c(C)o1)NCc1nc(C)c(C)o1.I. The van der Waals surface area contributed by atoms with Gasteiger partial charge in [-0.15, -0.1) is 24.0 Å². The fraction of sp³-hybridized carbons (Fsp3) is 0.500. The van der Waals surface area contributed by atoms with Gasteiger partial charge >= 0.3 is 0 Å². The highest BCUT2D eigenvalue weighted by Gasteiger charge is 2.08. The molecule has 0 unspecified atom stereocenters. The molecule has 22 heavy (non-hydrogen) atoms. The van der Waals surface area contributed by atoms with E-state index < -0.39 is 0 Å². The molecule has 0 aliphatic carbocycles. The Balaban J connectivity index is 0.00000242. The van der Waals surface area contributed by atoms with Crippen molar-refractivity contribution in [2.45, 2.75) is 40.8 Å². The van der Waals surface area contributed by atoms with Crippen LogP contribution in [0.4, 0.5) is 0 Å². The summed E-state index contributed by atoms with van der Waals surface area (Å²) in [6.07, 6.45) is 0. The Morgan fingerprint density at radius 3 is 1.59 bits per heavy atom. The van der Waals surface area contributed by atoms with E-state index in [2.05, 4.69) is 25.6 Å². The standard InChI is InChI=1S/C14H21N5O2.HI/c1-8-10(3)20-12(18-8)6-16-14(15-5)17-7-13-19-9(2)11(4)21-13;/h6-7H2,1-5H3,(H2,15,16,17);1H. The minimum Gasteiger partial charge on any atom is -0.444 e. The van der Waals surface area contributed by atoms with Crippen molar-refractivity contribution < 1.29 is 8.83 Å². The number of rotatable bonds is 4. The van der Waals surface area contributed by atoms with Crippen LogP contribution in [0.1, 0.15) is 34.7 Å². The molecule has 2 aromatic heterocycles. The summed E-state index contributed by atoms with van der Waals surface area (Å²) in [5, 5.41) is 6.26. The first-order valence-corrected chi connectivity index (χ1v) is 6.80. The van der Waals surface area contributed by atoms with Crippen molar-refractivity contribution in [3.05, 3.63) is 34.7 Å². The van der Waals surface area contributed by atoms with Gasteiger partial charge in [0.15, 0.2) is 5.96 Å². The highest BCUT2D eigenvalue weighted by Crippen LogP contribution is 2.08. The van der Waals surface area contributed by atoms with E-state index in [0.29, 0.717) is 30.8 Å². The van der Waals surface area contributed by atoms with Crippen LogP contribution in [0.2, 0.25) is 0 Å². The fourth-order valence-electron chi connectivity index (χ4n) is 1.77. The number of guanidine groups is 1. The molecule has 0 radical (unpaired) electrons. The minimum atomic E-state index is 0. The second kappa shape index (κ2) is 8.16. The molecule has 0 aromatic carbocycles. The number of aliphatic imine (C=N–C) groups is 1. The first-order chi connectivity index (χ1) is 9.99. The molecule has 0 saturated carbocycles. The summed E-state index contributed by atoms with van der Waals surface area (Å²) in [5.74, 6) is 3.57. The molecule has 0 saturated heterocycles. The Kier molecular flexibility index (Phi) is 6.85. The number of oxazole rings is 2. The largest absolute Gasteiger partial charge is 0.444 e. The molecule has 8 heteroatoms. The van der Waals surface area contributed by atoms with Gasteiger partial charge in [0.1, 0.15) is 11.5 Å². The Hall–Kier alpha value is -1.58. The van der Waals surface area contributed by atoms with Crippen LogP contribution in [0.15, 0.2) is 13.8 Å². The van der Waals surface area contributed by atoms with E-state index >= 15 is 0 Å². The van der Waals surface area contributed by atoms with Crippen molar-refractivity contribution in [3.63, 3.8) is 0 Å². The maximum atomic E-state index is 5.50. The summed E-state index contributed by atoms with van der Waals surface area (Å²) in [6, 6.07) is 0. The van der Waals surface area contributed by atoms with Crippen molar-refractivity contribution in [2.24, 2.45) is 4.99 Å². The number of hydrogen-bond donors (Lipinski definition) is 2. The van der Waals surface area contributed by atoms with Crippen molar-refractivity contribution in [1.82, 2.24) is 20.6 Å². The quantitative estimate of drug-likeness (QED) is 0.450. The van der Waals surface area contributed by atoms with Crippen LogP contribution in [-0.2, 0) is 13.1 Å². The van der Waals surface area contributed by atoms with Crippen LogP contribution in [0.3, 0.4) is 0 Å². The number of hydrogen-bond acceptors (Lipinski definition) is 5. The predicted molar refractivity (Wildman–Crippen MR) is 94.4 cm³/mol. The molecule has 0 aliphatic heterocycles. The van der Waals surface area contributed by atoms with Crippen LogP contribution in [0.25, 0.3) is 0 Å². The maximum Gasteiger partial charge on any atom is 0.214 e. The van der Waals surface area contributed by atoms with E-state index in [1.807, 2.05) is 27.7 Å². The van der Waals surface area contributed by atoms with Crippen molar-refractivity contribution >= 4 is 29.9 Å². The molecule has 2 heterocycles. The summed E-state index contributed by atoms with van der Waals surface area (Å²) in [5.41, 5.74) is 1.81. The predicted octanol–water partition coefficient (Wildman–Crippen LogP) is 2.38. The van der Waals surface area contributed by atoms with E-state index in [-0.39, 0.29) is 24.0 Å². The highest BCUT2D eigenvalue weighted by atomic mass is 127. The molecule has 122 valence electrons. The third-order valence-electron chi connectivity index (χ3n) is 3.18. The van der Waals surface area contributed by atoms with Gasteiger partial charge in [-0.25, -0.2) is 9.97 Å². The zero-order chi connectivity index (χ0) is 15.4. The molecule has 0 atom stereocenters. The van der Waals surface area contributed by atoms with E-state index in [9.17, 15) is 0 Å². The normalized spacial score (nSPS) is 10.0. The molecule has 2 aromatic rings. The third-order valence-corrected chi connectivity index (χ3v) is 3.18. The number of nitrogens with one attached hydrogen (secondary N) is 2. The van der Waals surface area contributed by atoms with Gasteiger partial charge in [0.2, 0.25) is 11.8 Å². The second-order valence-electron chi connectivity index (χ2n) is 4.78. The van der Waals surface area contributed by atoms with Crippen LogP contribution in [0.5, 0.6) is 0 Å². The molecular formula is C14H22IN5O2. The fourth-order valence-corrected chi connectivity index (χ4v) is 1.77. The molecule has 0 aliphatic rings. The smallest absolute Gasteiger partial charge is 0.214 e. The summed E-state index contributed by atoms with van der Waals surface area (Å²) in [4.78, 5) is 12.7. The molecule has 0 fully saturated rings. The van der Waals surface area contributed by atoms with Crippen molar-refractivity contribution in [3.8, 4) is 0 Å². The van der Waals surface area contributed by atoms with E-state index in [0.717, 1.165) is 22.9 Å². The molecule has 7 nitrogen and oxygen atoms in total. The van der Waals surface area contributed by atoms with Crippen LogP contribution < -0.4 is 10.6 Å². The van der Waals surface area contributed by atoms with E-state index in [1.165, 1.54) is 0 Å². The Bertz CT molecular complexity index is 556. The number of aryl methyl sites for hydroxylation is 4. The summed E-state index contributed by atoms with van der Waals surface area (Å²) >= 11 is 0. The van der Waals surface area contributed by atoms with Crippen LogP contribution >= 0.6 is 24.0 Å². The highest BCUT2D eigenvalue weighted by molar-refractivity contribution is 14.0. The van der Waals surface area contributed by atoms with Crippen LogP contribution in [-0.4, -0.2) is 23.0 Å². The maximum absolute atomic E-state index is 5.50. The van der Waals surface area contributed by atoms with Crippen LogP contribution in [0, 0.1) is 27.7 Å². The molecule has 2 rings (SSSR count). The third kappa shape index (κ3) is 4.72. The van der Waals surface area contributed by atoms with Gasteiger partial charge in [-0.3, -0.25) is 4.99 Å². The monoisotopic (exact) mass is 419 g/mol. The number of nitrogens with zero attached hydrogens (tertiary/aromatic N) is 3. The van der Waals surface area contributed by atoms with Gasteiger partial charge in [0.05, 0.1) is 24.5 Å². The van der Waals surface area contributed by atoms with Gasteiger partial charge in [-0.2, -0.15) is 0 Å². The van der Waals surface area contributed by atoms with Gasteiger partial charge in [0, 0.05) is 7.05 Å². The zero-order valence-corrected chi connectivity index (χ0v) is 15.8. The first kappa shape index (κ1) is 18.5. The average molecular weight is 419 g/mol. The van der Waals surface area contributed by atoms with Crippen molar-refractivity contribution in [1.29, 1.82) is 0 Å². The van der Waals surface area contributed by atoms with Gasteiger partial charge in [0.25, 0.3) is 0 Å². The second-order valence-corrected chi connectivity index (χ2v) is 4.78. The Morgan fingerprint density at radius 2 is 1.32 bits per heavy atom. The lowest BCUT2D eigenvalue weighted by Crippen LogP contribution is -2.36. The Labute approximate surface area is 147 Å². The number of halogens is 1. The minimum absolute atomic E-state index is 0. The van der Waals surface area contributed by atoms with Gasteiger partial charge < -0.3 is 19.5 Å². The summed E-state index contributed by atoms with van der Waals surface area (Å²) in [7, 11) is 1.70. The zero-order valence-electron chi connectivity index (χ0n) is 13.5.